The van der Waals surface area contributed by atoms with Crippen LogP contribution in [0.5, 0.6) is 0 Å². The molecule has 0 unspecified atom stereocenters. The molecule has 0 atom stereocenters. The van der Waals surface area contributed by atoms with E-state index in [9.17, 15) is 9.59 Å². The lowest BCUT2D eigenvalue weighted by Gasteiger charge is -2.10. The first-order chi connectivity index (χ1) is 13.3. The Bertz CT molecular complexity index is 1070. The SMILES string of the molecule is Cc1cc(C)cc(-n2ccnc(SCC(=O)Nc3ccc(C)c(C)c3)c2=O)c1. The molecule has 0 radical (unpaired) electrons. The highest BCUT2D eigenvalue weighted by Gasteiger charge is 2.11. The van der Waals surface area contributed by atoms with Crippen LogP contribution in [0.4, 0.5) is 5.69 Å². The van der Waals surface area contributed by atoms with Crippen LogP contribution < -0.4 is 10.9 Å². The summed E-state index contributed by atoms with van der Waals surface area (Å²) in [5.74, 6) is -0.0530. The van der Waals surface area contributed by atoms with Crippen molar-refractivity contribution < 1.29 is 4.79 Å². The molecule has 0 aliphatic rings. The van der Waals surface area contributed by atoms with E-state index in [1.807, 2.05) is 58.0 Å². The summed E-state index contributed by atoms with van der Waals surface area (Å²) in [6, 6.07) is 11.7. The van der Waals surface area contributed by atoms with E-state index in [1.54, 1.807) is 17.0 Å². The molecule has 1 aromatic heterocycles. The summed E-state index contributed by atoms with van der Waals surface area (Å²) < 4.78 is 1.57. The van der Waals surface area contributed by atoms with Gasteiger partial charge in [0.1, 0.15) is 0 Å². The molecule has 1 N–H and O–H groups in total. The van der Waals surface area contributed by atoms with E-state index < -0.39 is 0 Å². The lowest BCUT2D eigenvalue weighted by molar-refractivity contribution is -0.113. The fraction of sp³-hybridized carbons (Fsp3) is 0.227. The molecule has 0 bridgehead atoms. The number of rotatable bonds is 5. The normalized spacial score (nSPS) is 10.7. The maximum atomic E-state index is 12.8. The van der Waals surface area contributed by atoms with E-state index in [0.29, 0.717) is 5.03 Å². The molecule has 2 aromatic carbocycles. The summed E-state index contributed by atoms with van der Waals surface area (Å²) in [6.45, 7) is 8.02. The molecule has 3 rings (SSSR count). The first-order valence-corrected chi connectivity index (χ1v) is 9.98. The molecule has 144 valence electrons. The standard InChI is InChI=1S/C22H23N3O2S/c1-14-9-15(2)11-19(10-14)25-8-7-23-21(22(25)27)28-13-20(26)24-18-6-5-16(3)17(4)12-18/h5-12H,13H2,1-4H3,(H,24,26). The molecule has 6 heteroatoms. The van der Waals surface area contributed by atoms with Crippen molar-refractivity contribution in [2.24, 2.45) is 0 Å². The highest BCUT2D eigenvalue weighted by molar-refractivity contribution is 7.99. The van der Waals surface area contributed by atoms with Crippen molar-refractivity contribution in [1.82, 2.24) is 9.55 Å². The van der Waals surface area contributed by atoms with Crippen molar-refractivity contribution in [1.29, 1.82) is 0 Å². The van der Waals surface area contributed by atoms with Crippen LogP contribution in [-0.2, 0) is 4.79 Å². The third-order valence-electron chi connectivity index (χ3n) is 4.42. The number of nitrogens with one attached hydrogen (secondary N) is 1. The second-order valence-electron chi connectivity index (χ2n) is 6.89. The third kappa shape index (κ3) is 4.70. The van der Waals surface area contributed by atoms with Gasteiger partial charge < -0.3 is 5.32 Å². The number of aryl methyl sites for hydroxylation is 4. The molecule has 0 aliphatic heterocycles. The van der Waals surface area contributed by atoms with Gasteiger partial charge in [-0.1, -0.05) is 23.9 Å². The Morgan fingerprint density at radius 2 is 1.75 bits per heavy atom. The first kappa shape index (κ1) is 19.9. The second-order valence-corrected chi connectivity index (χ2v) is 7.85. The van der Waals surface area contributed by atoms with Gasteiger partial charge in [-0.3, -0.25) is 14.2 Å². The number of thioether (sulfide) groups is 1. The van der Waals surface area contributed by atoms with Gasteiger partial charge in [0, 0.05) is 23.8 Å². The van der Waals surface area contributed by atoms with Gasteiger partial charge in [-0.2, -0.15) is 0 Å². The van der Waals surface area contributed by atoms with E-state index in [2.05, 4.69) is 16.4 Å². The lowest BCUT2D eigenvalue weighted by atomic mass is 10.1. The van der Waals surface area contributed by atoms with E-state index in [4.69, 9.17) is 0 Å². The lowest BCUT2D eigenvalue weighted by Crippen LogP contribution is -2.22. The molecule has 0 aliphatic carbocycles. The molecule has 0 spiro atoms. The summed E-state index contributed by atoms with van der Waals surface area (Å²) in [5, 5.41) is 3.17. The molecule has 0 saturated heterocycles. The van der Waals surface area contributed by atoms with Crippen LogP contribution in [0, 0.1) is 27.7 Å². The largest absolute Gasteiger partial charge is 0.325 e. The number of nitrogens with zero attached hydrogens (tertiary/aromatic N) is 2. The Morgan fingerprint density at radius 3 is 2.43 bits per heavy atom. The molecule has 3 aromatic rings. The number of hydrogen-bond donors (Lipinski definition) is 1. The number of carbonyl (C=O) groups excluding carboxylic acids is 1. The van der Waals surface area contributed by atoms with E-state index in [1.165, 1.54) is 5.56 Å². The van der Waals surface area contributed by atoms with E-state index in [0.717, 1.165) is 39.8 Å². The maximum Gasteiger partial charge on any atom is 0.287 e. The minimum atomic E-state index is -0.225. The molecular formula is C22H23N3O2S. The minimum absolute atomic E-state index is 0.117. The van der Waals surface area contributed by atoms with Crippen LogP contribution in [0.3, 0.4) is 0 Å². The summed E-state index contributed by atoms with van der Waals surface area (Å²) in [4.78, 5) is 29.2. The summed E-state index contributed by atoms with van der Waals surface area (Å²) in [5.41, 5.74) is 5.78. The average molecular weight is 394 g/mol. The van der Waals surface area contributed by atoms with Crippen LogP contribution in [0.1, 0.15) is 22.3 Å². The van der Waals surface area contributed by atoms with Crippen molar-refractivity contribution >= 4 is 23.4 Å². The number of hydrogen-bond acceptors (Lipinski definition) is 4. The van der Waals surface area contributed by atoms with Crippen molar-refractivity contribution in [2.75, 3.05) is 11.1 Å². The van der Waals surface area contributed by atoms with Crippen molar-refractivity contribution in [3.8, 4) is 5.69 Å². The van der Waals surface area contributed by atoms with Gasteiger partial charge in [0.2, 0.25) is 5.91 Å². The van der Waals surface area contributed by atoms with Gasteiger partial charge in [-0.25, -0.2) is 4.98 Å². The van der Waals surface area contributed by atoms with Crippen LogP contribution in [-0.4, -0.2) is 21.2 Å². The van der Waals surface area contributed by atoms with Crippen LogP contribution in [0.15, 0.2) is 58.6 Å². The molecular weight excluding hydrogens is 370 g/mol. The highest BCUT2D eigenvalue weighted by atomic mass is 32.2. The number of amides is 1. The molecule has 1 heterocycles. The maximum absolute atomic E-state index is 12.8. The average Bonchev–Trinajstić information content (AvgIpc) is 2.63. The Balaban J connectivity index is 1.73. The predicted octanol–water partition coefficient (Wildman–Crippen LogP) is 4.20. The van der Waals surface area contributed by atoms with Gasteiger partial charge in [0.25, 0.3) is 5.56 Å². The number of benzene rings is 2. The summed E-state index contributed by atoms with van der Waals surface area (Å²) in [6.07, 6.45) is 3.23. The van der Waals surface area contributed by atoms with E-state index >= 15 is 0 Å². The predicted molar refractivity (Wildman–Crippen MR) is 115 cm³/mol. The zero-order chi connectivity index (χ0) is 20.3. The number of aromatic nitrogens is 2. The van der Waals surface area contributed by atoms with Gasteiger partial charge in [0.05, 0.1) is 5.75 Å². The molecule has 5 nitrogen and oxygen atoms in total. The fourth-order valence-corrected chi connectivity index (χ4v) is 3.63. The zero-order valence-corrected chi connectivity index (χ0v) is 17.3. The monoisotopic (exact) mass is 393 g/mol. The van der Waals surface area contributed by atoms with Gasteiger partial charge >= 0.3 is 0 Å². The minimum Gasteiger partial charge on any atom is -0.325 e. The van der Waals surface area contributed by atoms with Gasteiger partial charge in [-0.05, 0) is 74.2 Å². The van der Waals surface area contributed by atoms with Crippen molar-refractivity contribution in [3.05, 3.63) is 81.4 Å². The van der Waals surface area contributed by atoms with Crippen LogP contribution in [0.25, 0.3) is 5.69 Å². The molecule has 0 saturated carbocycles. The Labute approximate surface area is 168 Å². The molecule has 0 fully saturated rings. The van der Waals surface area contributed by atoms with Gasteiger partial charge in [0.15, 0.2) is 5.03 Å². The fourth-order valence-electron chi connectivity index (χ4n) is 2.94. The molecule has 1 amide bonds. The first-order valence-electron chi connectivity index (χ1n) is 9.00. The zero-order valence-electron chi connectivity index (χ0n) is 16.4. The van der Waals surface area contributed by atoms with Crippen LogP contribution >= 0.6 is 11.8 Å². The summed E-state index contributed by atoms with van der Waals surface area (Å²) in [7, 11) is 0. The molecule has 28 heavy (non-hydrogen) atoms. The third-order valence-corrected chi connectivity index (χ3v) is 5.38. The van der Waals surface area contributed by atoms with Crippen molar-refractivity contribution in [3.63, 3.8) is 0 Å². The van der Waals surface area contributed by atoms with E-state index in [-0.39, 0.29) is 17.2 Å². The van der Waals surface area contributed by atoms with Crippen molar-refractivity contribution in [2.45, 2.75) is 32.7 Å². The number of carbonyl (C=O) groups is 1. The second kappa shape index (κ2) is 8.44. The summed E-state index contributed by atoms with van der Waals surface area (Å²) >= 11 is 1.14. The van der Waals surface area contributed by atoms with Gasteiger partial charge in [-0.15, -0.1) is 0 Å². The van der Waals surface area contributed by atoms with Crippen LogP contribution in [0.2, 0.25) is 0 Å². The quantitative estimate of drug-likeness (QED) is 0.660. The Hall–Kier alpha value is -2.86. The Morgan fingerprint density at radius 1 is 1.04 bits per heavy atom. The highest BCUT2D eigenvalue weighted by Crippen LogP contribution is 2.17. The topological polar surface area (TPSA) is 64.0 Å². The Kier molecular flexibility index (Phi) is 5.99. The smallest absolute Gasteiger partial charge is 0.287 e. The number of anilines is 1.